The van der Waals surface area contributed by atoms with E-state index < -0.39 is 0 Å². The van der Waals surface area contributed by atoms with Gasteiger partial charge in [0, 0.05) is 17.6 Å². The number of hydrogen-bond donors (Lipinski definition) is 1. The van der Waals surface area contributed by atoms with Gasteiger partial charge in [-0.25, -0.2) is 9.97 Å². The smallest absolute Gasteiger partial charge is 0.187 e. The summed E-state index contributed by atoms with van der Waals surface area (Å²) in [6, 6.07) is 4.36. The number of nitriles is 1. The highest BCUT2D eigenvalue weighted by Gasteiger charge is 2.26. The molecule has 1 aromatic rings. The van der Waals surface area contributed by atoms with Gasteiger partial charge >= 0.3 is 0 Å². The van der Waals surface area contributed by atoms with Crippen LogP contribution in [0, 0.1) is 18.3 Å². The van der Waals surface area contributed by atoms with Crippen LogP contribution in [0.25, 0.3) is 0 Å². The van der Waals surface area contributed by atoms with Crippen LogP contribution in [0.2, 0.25) is 0 Å². The Morgan fingerprint density at radius 1 is 1.45 bits per heavy atom. The van der Waals surface area contributed by atoms with E-state index in [9.17, 15) is 5.26 Å². The zero-order valence-corrected chi connectivity index (χ0v) is 13.5. The Bertz CT molecular complexity index is 444. The summed E-state index contributed by atoms with van der Waals surface area (Å²) >= 11 is 1.66. The fourth-order valence-electron chi connectivity index (χ4n) is 1.96. The monoisotopic (exact) mass is 292 g/mol. The maximum atomic E-state index is 9.41. The molecule has 0 radical (unpaired) electrons. The lowest BCUT2D eigenvalue weighted by Crippen LogP contribution is -2.43. The van der Waals surface area contributed by atoms with Gasteiger partial charge < -0.3 is 0 Å². The molecule has 0 aliphatic carbocycles. The van der Waals surface area contributed by atoms with Crippen molar-refractivity contribution in [3.63, 3.8) is 0 Å². The maximum Gasteiger partial charge on any atom is 0.187 e. The van der Waals surface area contributed by atoms with Gasteiger partial charge in [-0.15, -0.1) is 0 Å². The first-order chi connectivity index (χ1) is 9.65. The molecular weight excluding hydrogens is 268 g/mol. The van der Waals surface area contributed by atoms with Crippen LogP contribution in [-0.2, 0) is 0 Å². The first-order valence-corrected chi connectivity index (χ1v) is 8.23. The fraction of sp³-hybridized carbons (Fsp3) is 0.667. The first kappa shape index (κ1) is 16.9. The number of thioether (sulfide) groups is 1. The Hall–Kier alpha value is -1.12. The highest BCUT2D eigenvalue weighted by molar-refractivity contribution is 7.99. The molecule has 1 unspecified atom stereocenters. The average Bonchev–Trinajstić information content (AvgIpc) is 2.47. The molecule has 20 heavy (non-hydrogen) atoms. The minimum atomic E-state index is -0.371. The topological polar surface area (TPSA) is 61.6 Å². The van der Waals surface area contributed by atoms with Crippen LogP contribution in [-0.4, -0.2) is 27.8 Å². The first-order valence-electron chi connectivity index (χ1n) is 7.24. The third-order valence-corrected chi connectivity index (χ3v) is 4.23. The molecule has 0 aromatic carbocycles. The van der Waals surface area contributed by atoms with E-state index in [-0.39, 0.29) is 5.54 Å². The van der Waals surface area contributed by atoms with E-state index in [2.05, 4.69) is 35.2 Å². The summed E-state index contributed by atoms with van der Waals surface area (Å²) in [5.41, 5.74) is 0.622. The molecule has 0 aliphatic heterocycles. The summed E-state index contributed by atoms with van der Waals surface area (Å²) in [5, 5.41) is 13.6. The Morgan fingerprint density at radius 3 is 2.85 bits per heavy atom. The van der Waals surface area contributed by atoms with Gasteiger partial charge in [0.1, 0.15) is 5.54 Å². The van der Waals surface area contributed by atoms with Crippen LogP contribution in [0.15, 0.2) is 17.4 Å². The van der Waals surface area contributed by atoms with Crippen LogP contribution < -0.4 is 5.32 Å². The number of rotatable bonds is 9. The van der Waals surface area contributed by atoms with Crippen molar-refractivity contribution in [3.05, 3.63) is 18.0 Å². The third kappa shape index (κ3) is 5.48. The highest BCUT2D eigenvalue weighted by Crippen LogP contribution is 2.21. The third-order valence-electron chi connectivity index (χ3n) is 3.28. The lowest BCUT2D eigenvalue weighted by atomic mass is 9.92. The number of aromatic nitrogens is 2. The summed E-state index contributed by atoms with van der Waals surface area (Å²) in [5.74, 6) is 0.945. The molecule has 0 saturated carbocycles. The van der Waals surface area contributed by atoms with Gasteiger partial charge in [0.2, 0.25) is 0 Å². The Balaban J connectivity index is 2.39. The zero-order valence-electron chi connectivity index (χ0n) is 12.6. The van der Waals surface area contributed by atoms with Crippen LogP contribution in [0.1, 0.15) is 45.2 Å². The second-order valence-electron chi connectivity index (χ2n) is 4.91. The molecule has 1 atom stereocenters. The van der Waals surface area contributed by atoms with E-state index in [0.29, 0.717) is 0 Å². The Labute approximate surface area is 126 Å². The summed E-state index contributed by atoms with van der Waals surface area (Å²) in [6.07, 6.45) is 5.54. The van der Waals surface area contributed by atoms with E-state index in [1.807, 2.05) is 13.0 Å². The van der Waals surface area contributed by atoms with Crippen molar-refractivity contribution in [2.24, 2.45) is 0 Å². The fourth-order valence-corrected chi connectivity index (χ4v) is 2.78. The summed E-state index contributed by atoms with van der Waals surface area (Å²) in [7, 11) is 0. The summed E-state index contributed by atoms with van der Waals surface area (Å²) < 4.78 is 0. The van der Waals surface area contributed by atoms with Gasteiger partial charge in [-0.3, -0.25) is 5.32 Å². The second-order valence-corrected chi connectivity index (χ2v) is 5.97. The van der Waals surface area contributed by atoms with Crippen LogP contribution in [0.3, 0.4) is 0 Å². The lowest BCUT2D eigenvalue weighted by Gasteiger charge is -2.26. The predicted molar refractivity (Wildman–Crippen MR) is 83.7 cm³/mol. The van der Waals surface area contributed by atoms with Crippen molar-refractivity contribution in [2.75, 3.05) is 12.3 Å². The van der Waals surface area contributed by atoms with Gasteiger partial charge in [0.15, 0.2) is 5.16 Å². The van der Waals surface area contributed by atoms with E-state index in [1.54, 1.807) is 18.0 Å². The van der Waals surface area contributed by atoms with Crippen LogP contribution in [0.4, 0.5) is 0 Å². The van der Waals surface area contributed by atoms with Gasteiger partial charge in [-0.05, 0) is 45.2 Å². The van der Waals surface area contributed by atoms with Crippen molar-refractivity contribution >= 4 is 11.8 Å². The molecule has 0 saturated heterocycles. The minimum absolute atomic E-state index is 0.371. The van der Waals surface area contributed by atoms with Gasteiger partial charge in [0.25, 0.3) is 0 Å². The van der Waals surface area contributed by atoms with Crippen LogP contribution in [0.5, 0.6) is 0 Å². The van der Waals surface area contributed by atoms with Gasteiger partial charge in [-0.1, -0.05) is 25.6 Å². The normalized spacial score (nSPS) is 13.7. The second kappa shape index (κ2) is 8.93. The maximum absolute atomic E-state index is 9.41. The standard InChI is InChI=1S/C15H24N4S/c1-4-9-18-15(5-2,12-16)8-6-11-20-14-17-10-7-13(3)19-14/h7,10,18H,4-6,8-9,11H2,1-3H3. The molecule has 0 aliphatic rings. The molecule has 110 valence electrons. The van der Waals surface area contributed by atoms with Crippen molar-refractivity contribution in [3.8, 4) is 6.07 Å². The molecule has 4 nitrogen and oxygen atoms in total. The molecule has 1 rings (SSSR count). The number of hydrogen-bond acceptors (Lipinski definition) is 5. The van der Waals surface area contributed by atoms with E-state index in [1.165, 1.54) is 0 Å². The predicted octanol–water partition coefficient (Wildman–Crippen LogP) is 3.33. The largest absolute Gasteiger partial charge is 0.299 e. The van der Waals surface area contributed by atoms with Crippen molar-refractivity contribution in [2.45, 2.75) is 57.1 Å². The summed E-state index contributed by atoms with van der Waals surface area (Å²) in [4.78, 5) is 8.60. The van der Waals surface area contributed by atoms with E-state index in [4.69, 9.17) is 0 Å². The molecule has 5 heteroatoms. The molecule has 0 spiro atoms. The van der Waals surface area contributed by atoms with Gasteiger partial charge in [0.05, 0.1) is 6.07 Å². The van der Waals surface area contributed by atoms with Crippen molar-refractivity contribution < 1.29 is 0 Å². The molecule has 0 amide bonds. The van der Waals surface area contributed by atoms with Crippen molar-refractivity contribution in [1.29, 1.82) is 5.26 Å². The Morgan fingerprint density at radius 2 is 2.25 bits per heavy atom. The Kier molecular flexibility index (Phi) is 7.56. The molecule has 1 aromatic heterocycles. The summed E-state index contributed by atoms with van der Waals surface area (Å²) in [6.45, 7) is 7.06. The number of nitrogens with zero attached hydrogens (tertiary/aromatic N) is 3. The van der Waals surface area contributed by atoms with E-state index in [0.717, 1.165) is 48.8 Å². The molecule has 0 fully saturated rings. The van der Waals surface area contributed by atoms with Crippen LogP contribution >= 0.6 is 11.8 Å². The molecule has 1 heterocycles. The molecule has 0 bridgehead atoms. The van der Waals surface area contributed by atoms with Gasteiger partial charge in [-0.2, -0.15) is 5.26 Å². The zero-order chi connectivity index (χ0) is 14.8. The quantitative estimate of drug-likeness (QED) is 0.430. The van der Waals surface area contributed by atoms with E-state index >= 15 is 0 Å². The average molecular weight is 292 g/mol. The SMILES string of the molecule is CCCNC(C#N)(CC)CCCSc1nccc(C)n1. The molecular formula is C15H24N4S. The van der Waals surface area contributed by atoms with Crippen molar-refractivity contribution in [1.82, 2.24) is 15.3 Å². The molecule has 1 N–H and O–H groups in total. The number of aryl methyl sites for hydroxylation is 1. The lowest BCUT2D eigenvalue weighted by molar-refractivity contribution is 0.371. The number of nitrogens with one attached hydrogen (secondary N) is 1. The highest BCUT2D eigenvalue weighted by atomic mass is 32.2. The minimum Gasteiger partial charge on any atom is -0.299 e.